The number of aliphatic hydroxyl groups is 1. The van der Waals surface area contributed by atoms with Crippen molar-refractivity contribution in [1.29, 1.82) is 0 Å². The Morgan fingerprint density at radius 1 is 1.38 bits per heavy atom. The van der Waals surface area contributed by atoms with Gasteiger partial charge < -0.3 is 10.0 Å². The first-order valence-corrected chi connectivity index (χ1v) is 6.32. The van der Waals surface area contributed by atoms with Gasteiger partial charge in [0.1, 0.15) is 0 Å². The van der Waals surface area contributed by atoms with Crippen molar-refractivity contribution >= 4 is 11.8 Å². The summed E-state index contributed by atoms with van der Waals surface area (Å²) >= 11 is 1.99. The molecule has 1 aliphatic rings. The van der Waals surface area contributed by atoms with Crippen LogP contribution in [0.2, 0.25) is 0 Å². The van der Waals surface area contributed by atoms with Crippen LogP contribution in [0.25, 0.3) is 0 Å². The van der Waals surface area contributed by atoms with E-state index in [4.69, 9.17) is 5.11 Å². The van der Waals surface area contributed by atoms with E-state index in [1.54, 1.807) is 0 Å². The van der Waals surface area contributed by atoms with Crippen molar-refractivity contribution in [3.05, 3.63) is 0 Å². The average molecular weight is 203 g/mol. The van der Waals surface area contributed by atoms with Gasteiger partial charge in [0.2, 0.25) is 0 Å². The van der Waals surface area contributed by atoms with Gasteiger partial charge in [-0.2, -0.15) is 11.8 Å². The molecule has 1 atom stereocenters. The molecule has 0 radical (unpaired) electrons. The number of nitrogens with zero attached hydrogens (tertiary/aromatic N) is 1. The molecule has 0 aromatic carbocycles. The first kappa shape index (κ1) is 11.3. The minimum atomic E-state index is 0.331. The number of aliphatic hydroxyl groups excluding tert-OH is 1. The van der Waals surface area contributed by atoms with E-state index < -0.39 is 0 Å². The van der Waals surface area contributed by atoms with Crippen LogP contribution in [0.4, 0.5) is 0 Å². The molecule has 13 heavy (non-hydrogen) atoms. The molecule has 0 bridgehead atoms. The predicted molar refractivity (Wildman–Crippen MR) is 59.3 cm³/mol. The molecule has 0 aromatic rings. The molecule has 3 heteroatoms. The molecule has 1 heterocycles. The van der Waals surface area contributed by atoms with Gasteiger partial charge in [0, 0.05) is 24.2 Å². The Balaban J connectivity index is 1.93. The normalized spacial score (nSPS) is 20.8. The van der Waals surface area contributed by atoms with Crippen LogP contribution in [0.5, 0.6) is 0 Å². The van der Waals surface area contributed by atoms with Crippen molar-refractivity contribution in [2.24, 2.45) is 0 Å². The van der Waals surface area contributed by atoms with E-state index in [9.17, 15) is 0 Å². The summed E-state index contributed by atoms with van der Waals surface area (Å²) in [7, 11) is 0. The van der Waals surface area contributed by atoms with Crippen molar-refractivity contribution in [3.8, 4) is 0 Å². The Labute approximate surface area is 85.7 Å². The van der Waals surface area contributed by atoms with E-state index in [-0.39, 0.29) is 0 Å². The molecule has 0 spiro atoms. The molecule has 2 nitrogen and oxygen atoms in total. The van der Waals surface area contributed by atoms with Gasteiger partial charge in [-0.15, -0.1) is 0 Å². The van der Waals surface area contributed by atoms with Crippen LogP contribution in [0.3, 0.4) is 0 Å². The van der Waals surface area contributed by atoms with Crippen molar-refractivity contribution in [3.63, 3.8) is 0 Å². The summed E-state index contributed by atoms with van der Waals surface area (Å²) in [5.41, 5.74) is 0. The van der Waals surface area contributed by atoms with Crippen LogP contribution < -0.4 is 0 Å². The predicted octanol–water partition coefficient (Wildman–Crippen LogP) is 1.59. The fourth-order valence-electron chi connectivity index (χ4n) is 1.65. The lowest BCUT2D eigenvalue weighted by molar-refractivity contribution is 0.288. The molecule has 0 aliphatic carbocycles. The summed E-state index contributed by atoms with van der Waals surface area (Å²) in [5.74, 6) is 1.22. The smallest absolute Gasteiger partial charge is 0.0441 e. The third-order valence-corrected chi connectivity index (χ3v) is 3.77. The first-order valence-electron chi connectivity index (χ1n) is 5.27. The molecule has 1 aliphatic heterocycles. The van der Waals surface area contributed by atoms with E-state index in [1.165, 1.54) is 38.2 Å². The van der Waals surface area contributed by atoms with Gasteiger partial charge >= 0.3 is 0 Å². The maximum absolute atomic E-state index is 8.72. The third kappa shape index (κ3) is 4.89. The summed E-state index contributed by atoms with van der Waals surface area (Å²) in [6.07, 6.45) is 3.71. The van der Waals surface area contributed by atoms with Crippen molar-refractivity contribution in [1.82, 2.24) is 4.90 Å². The second-order valence-electron chi connectivity index (χ2n) is 3.74. The lowest BCUT2D eigenvalue weighted by Crippen LogP contribution is -2.22. The molecule has 1 unspecified atom stereocenters. The molecular weight excluding hydrogens is 182 g/mol. The number of hydrogen-bond acceptors (Lipinski definition) is 3. The molecule has 1 fully saturated rings. The fourth-order valence-corrected chi connectivity index (χ4v) is 2.69. The lowest BCUT2D eigenvalue weighted by atomic mass is 10.3. The number of hydrogen-bond donors (Lipinski definition) is 1. The van der Waals surface area contributed by atoms with E-state index >= 15 is 0 Å². The van der Waals surface area contributed by atoms with Gasteiger partial charge in [-0.3, -0.25) is 0 Å². The van der Waals surface area contributed by atoms with Gasteiger partial charge in [0.05, 0.1) is 0 Å². The molecule has 1 rings (SSSR count). The zero-order valence-corrected chi connectivity index (χ0v) is 9.35. The van der Waals surface area contributed by atoms with Crippen LogP contribution in [0.1, 0.15) is 26.2 Å². The Morgan fingerprint density at radius 3 is 2.69 bits per heavy atom. The Bertz CT molecular complexity index is 126. The van der Waals surface area contributed by atoms with Gasteiger partial charge in [-0.25, -0.2) is 0 Å². The minimum absolute atomic E-state index is 0.331. The van der Waals surface area contributed by atoms with E-state index in [0.29, 0.717) is 11.9 Å². The fraction of sp³-hybridized carbons (Fsp3) is 1.00. The molecule has 1 N–H and O–H groups in total. The SMILES string of the molecule is CC(CCO)SCCN1CCCC1. The molecular formula is C10H21NOS. The van der Waals surface area contributed by atoms with Gasteiger partial charge in [-0.1, -0.05) is 6.92 Å². The van der Waals surface area contributed by atoms with Crippen LogP contribution in [0.15, 0.2) is 0 Å². The quantitative estimate of drug-likeness (QED) is 0.709. The maximum atomic E-state index is 8.72. The highest BCUT2D eigenvalue weighted by molar-refractivity contribution is 7.99. The summed E-state index contributed by atoms with van der Waals surface area (Å²) in [5, 5.41) is 9.34. The summed E-state index contributed by atoms with van der Waals surface area (Å²) in [6, 6.07) is 0. The summed E-state index contributed by atoms with van der Waals surface area (Å²) < 4.78 is 0. The highest BCUT2D eigenvalue weighted by Crippen LogP contribution is 2.15. The topological polar surface area (TPSA) is 23.5 Å². The van der Waals surface area contributed by atoms with E-state index in [1.807, 2.05) is 11.8 Å². The monoisotopic (exact) mass is 203 g/mol. The van der Waals surface area contributed by atoms with Crippen molar-refractivity contribution in [2.45, 2.75) is 31.4 Å². The van der Waals surface area contributed by atoms with Crippen LogP contribution in [-0.4, -0.2) is 47.3 Å². The second-order valence-corrected chi connectivity index (χ2v) is 5.29. The number of likely N-dealkylation sites (tertiary alicyclic amines) is 1. The standard InChI is InChI=1S/C10H21NOS/c1-10(4-8-12)13-9-7-11-5-2-3-6-11/h10,12H,2-9H2,1H3. The Hall–Kier alpha value is 0.270. The summed E-state index contributed by atoms with van der Waals surface area (Å²) in [6.45, 7) is 6.37. The highest BCUT2D eigenvalue weighted by atomic mass is 32.2. The Morgan fingerprint density at radius 2 is 2.08 bits per heavy atom. The zero-order chi connectivity index (χ0) is 9.52. The first-order chi connectivity index (χ1) is 6.33. The number of rotatable bonds is 6. The molecule has 78 valence electrons. The van der Waals surface area contributed by atoms with Crippen molar-refractivity contribution < 1.29 is 5.11 Å². The average Bonchev–Trinajstić information content (AvgIpc) is 2.57. The second kappa shape index (κ2) is 6.68. The molecule has 1 saturated heterocycles. The molecule has 0 saturated carbocycles. The van der Waals surface area contributed by atoms with Gasteiger partial charge in [0.25, 0.3) is 0 Å². The molecule has 0 aromatic heterocycles. The zero-order valence-electron chi connectivity index (χ0n) is 8.54. The Kier molecular flexibility index (Phi) is 5.83. The summed E-state index contributed by atoms with van der Waals surface area (Å²) in [4.78, 5) is 2.54. The van der Waals surface area contributed by atoms with Gasteiger partial charge in [0.15, 0.2) is 0 Å². The van der Waals surface area contributed by atoms with Crippen LogP contribution in [-0.2, 0) is 0 Å². The van der Waals surface area contributed by atoms with Crippen LogP contribution >= 0.6 is 11.8 Å². The highest BCUT2D eigenvalue weighted by Gasteiger charge is 2.11. The van der Waals surface area contributed by atoms with E-state index in [2.05, 4.69) is 11.8 Å². The minimum Gasteiger partial charge on any atom is -0.396 e. The van der Waals surface area contributed by atoms with Crippen molar-refractivity contribution in [2.75, 3.05) is 32.0 Å². The maximum Gasteiger partial charge on any atom is 0.0441 e. The number of thioether (sulfide) groups is 1. The third-order valence-electron chi connectivity index (χ3n) is 2.54. The van der Waals surface area contributed by atoms with Crippen LogP contribution in [0, 0.1) is 0 Å². The molecule has 0 amide bonds. The largest absolute Gasteiger partial charge is 0.396 e. The lowest BCUT2D eigenvalue weighted by Gasteiger charge is -2.15. The van der Waals surface area contributed by atoms with Gasteiger partial charge in [-0.05, 0) is 32.4 Å². The van der Waals surface area contributed by atoms with E-state index in [0.717, 1.165) is 6.42 Å².